The number of carbonyl (C=O) groups is 20. The number of benzene rings is 2. The van der Waals surface area contributed by atoms with E-state index in [4.69, 9.17) is 21.9 Å². The van der Waals surface area contributed by atoms with Crippen LogP contribution in [-0.2, 0) is 102 Å². The van der Waals surface area contributed by atoms with E-state index in [1.807, 2.05) is 16.0 Å². The zero-order valence-electron chi connectivity index (χ0n) is 64.5. The van der Waals surface area contributed by atoms with Gasteiger partial charge in [-0.05, 0) is 75.3 Å². The number of aromatic nitrogens is 1. The third kappa shape index (κ3) is 32.4. The SMILES string of the molecule is CCC(C)CCCCCCC(=O)N[C@@H](Cc1c[nH]c2ccccc12)C(=O)N[C@H](CC(N)=O)C(=O)N[C@@H](CC(=O)O)C(=O)N[C@@H]1C(=O)NCC(=O)N[C@@H](CCCN)C(=O)N[C@@H](CC(=O)O)C(=O)N[C@H](C)C(=O)N[C@H](CC(=O)O)C(=O)NCC(=O)N[C@H](CO)C(=O)N[C@@H](C(C)CC(=O)O)C(=O)N[C@@H](CC(=O)c2ccccc2N)C(=O)O[C@@H]1C. The van der Waals surface area contributed by atoms with Crippen LogP contribution in [0, 0.1) is 11.8 Å². The quantitative estimate of drug-likeness (QED) is 0.0113. The maximum atomic E-state index is 14.8. The number of cyclic esters (lactones) is 1. The highest BCUT2D eigenvalue weighted by molar-refractivity contribution is 6.05. The van der Waals surface area contributed by atoms with Crippen LogP contribution in [0.25, 0.3) is 10.9 Å². The fraction of sp³-hybridized carbons (Fsp3) is 0.534. The van der Waals surface area contributed by atoms with Gasteiger partial charge in [-0.25, -0.2) is 4.79 Å². The molecular formula is C73H103N17O26. The second-order valence-corrected chi connectivity index (χ2v) is 27.8. The molecule has 0 aliphatic carbocycles. The van der Waals surface area contributed by atoms with Crippen molar-refractivity contribution in [1.29, 1.82) is 0 Å². The van der Waals surface area contributed by atoms with Crippen molar-refractivity contribution in [2.75, 3.05) is 32.0 Å². The van der Waals surface area contributed by atoms with Crippen molar-refractivity contribution in [3.63, 3.8) is 0 Å². The summed E-state index contributed by atoms with van der Waals surface area (Å²) < 4.78 is 5.68. The maximum absolute atomic E-state index is 14.8. The van der Waals surface area contributed by atoms with Gasteiger partial charge in [0.05, 0.1) is 51.8 Å². The summed E-state index contributed by atoms with van der Waals surface area (Å²) in [5.74, 6) is -29.2. The number of nitrogen functional groups attached to an aromatic ring is 1. The van der Waals surface area contributed by atoms with Gasteiger partial charge in [0.1, 0.15) is 72.6 Å². The molecule has 14 amide bonds. The summed E-state index contributed by atoms with van der Waals surface area (Å²) in [7, 11) is 0. The summed E-state index contributed by atoms with van der Waals surface area (Å²) in [5.41, 5.74) is 18.1. The van der Waals surface area contributed by atoms with Gasteiger partial charge in [0.25, 0.3) is 0 Å². The third-order valence-electron chi connectivity index (χ3n) is 18.4. The van der Waals surface area contributed by atoms with Crippen LogP contribution in [0.2, 0.25) is 0 Å². The number of carboxylic acids is 4. The molecule has 1 fully saturated rings. The highest BCUT2D eigenvalue weighted by atomic mass is 16.5. The van der Waals surface area contributed by atoms with Crippen molar-refractivity contribution >= 4 is 135 Å². The minimum atomic E-state index is -2.45. The third-order valence-corrected chi connectivity index (χ3v) is 18.4. The number of ether oxygens (including phenoxy) is 1. The van der Waals surface area contributed by atoms with Gasteiger partial charge in [-0.1, -0.05) is 83.2 Å². The van der Waals surface area contributed by atoms with E-state index in [0.29, 0.717) is 35.2 Å². The fourth-order valence-corrected chi connectivity index (χ4v) is 11.8. The molecule has 1 saturated heterocycles. The van der Waals surface area contributed by atoms with Gasteiger partial charge in [0, 0.05) is 47.6 Å². The minimum absolute atomic E-state index is 0.0230. The lowest BCUT2D eigenvalue weighted by Gasteiger charge is -2.30. The fourth-order valence-electron chi connectivity index (χ4n) is 11.8. The second-order valence-electron chi connectivity index (χ2n) is 27.8. The number of hydrogen-bond acceptors (Lipinski definition) is 24. The Morgan fingerprint density at radius 1 is 0.560 bits per heavy atom. The predicted octanol–water partition coefficient (Wildman–Crippen LogP) is -5.38. The number of amides is 14. The highest BCUT2D eigenvalue weighted by Crippen LogP contribution is 2.22. The van der Waals surface area contributed by atoms with E-state index in [2.05, 4.69) is 72.0 Å². The molecule has 1 aromatic heterocycles. The van der Waals surface area contributed by atoms with E-state index < -0.39 is 261 Å². The Balaban J connectivity index is 1.87. The van der Waals surface area contributed by atoms with Crippen molar-refractivity contribution in [2.45, 2.75) is 210 Å². The molecule has 14 atom stereocenters. The van der Waals surface area contributed by atoms with Crippen LogP contribution in [-0.4, -0.2) is 248 Å². The largest absolute Gasteiger partial charge is 0.481 e. The molecule has 2 unspecified atom stereocenters. The normalized spacial score (nSPS) is 21.4. The first-order valence-electron chi connectivity index (χ1n) is 37.2. The topological polar surface area (TPSA) is 702 Å². The Labute approximate surface area is 663 Å². The Morgan fingerprint density at radius 3 is 1.72 bits per heavy atom. The summed E-state index contributed by atoms with van der Waals surface area (Å²) >= 11 is 0. The minimum Gasteiger partial charge on any atom is -0.481 e. The van der Waals surface area contributed by atoms with Gasteiger partial charge in [-0.2, -0.15) is 0 Å². The van der Waals surface area contributed by atoms with Crippen LogP contribution in [0.4, 0.5) is 5.69 Å². The van der Waals surface area contributed by atoms with Gasteiger partial charge in [-0.3, -0.25) is 91.1 Å². The average Bonchev–Trinajstić information content (AvgIpc) is 1.64. The Kier molecular flexibility index (Phi) is 39.4. The van der Waals surface area contributed by atoms with Crippen LogP contribution in [0.3, 0.4) is 0 Å². The standard InChI is InChI=1S/C73H103N17O26/c1-6-35(2)16-9-7-8-10-22-54(94)82-45(25-39-31-77-43-20-14-12-17-40(39)43)67(109)85-46(27-53(76)93)68(110)87-49(30-60(103)104)69(111)90-62-38(5)116-73(115)50(26-52(92)41-18-11-13-19-42(41)75)88-72(114)61(36(3)24-57(97)98)89-70(112)51(34-91)83-56(96)32-78-64(106)47(28-58(99)100)84-63(105)37(4)80-66(108)48(29-59(101)102)86-65(107)44(21-15-23-74)81-55(95)33-79-71(62)113/h11-14,17-20,31,35-38,44-51,61-62,77,91H,6-10,15-16,21-30,32-34,74-75H2,1-5H3,(H2,76,93)(H,78,106)(H,79,113)(H,80,108)(H,81,95)(H,82,94)(H,83,96)(H,84,105)(H,85,109)(H,86,107)(H,87,110)(H,88,114)(H,89,112)(H,90,111)(H,97,98)(H,99,100)(H,101,102)(H,103,104)/t35?,36?,37-,38-,44+,45+,46-,47-,48+,49+,50+,51-,61+,62+/m1/s1. The van der Waals surface area contributed by atoms with Crippen LogP contribution in [0.5, 0.6) is 0 Å². The van der Waals surface area contributed by atoms with E-state index in [0.717, 1.165) is 46.5 Å². The molecule has 25 N–H and O–H groups in total. The number of nitrogens with two attached hydrogens (primary N) is 3. The first-order chi connectivity index (χ1) is 54.7. The molecule has 0 bridgehead atoms. The number of primary amides is 1. The van der Waals surface area contributed by atoms with Gasteiger partial charge in [0.15, 0.2) is 5.78 Å². The summed E-state index contributed by atoms with van der Waals surface area (Å²) in [6.45, 7) is 3.27. The lowest BCUT2D eigenvalue weighted by atomic mass is 9.96. The zero-order valence-corrected chi connectivity index (χ0v) is 64.5. The molecule has 2 heterocycles. The number of para-hydroxylation sites is 2. The highest BCUT2D eigenvalue weighted by Gasteiger charge is 2.41. The lowest BCUT2D eigenvalue weighted by Crippen LogP contribution is -2.62. The van der Waals surface area contributed by atoms with Crippen molar-refractivity contribution in [1.82, 2.24) is 74.1 Å². The van der Waals surface area contributed by atoms with E-state index in [1.165, 1.54) is 24.3 Å². The van der Waals surface area contributed by atoms with Gasteiger partial charge < -0.3 is 122 Å². The summed E-state index contributed by atoms with van der Waals surface area (Å²) in [6.07, 6.45) is -3.45. The Bertz CT molecular complexity index is 4080. The number of carboxylic acid groups (broad SMARTS) is 4. The predicted molar refractivity (Wildman–Crippen MR) is 405 cm³/mol. The van der Waals surface area contributed by atoms with Gasteiger partial charge >= 0.3 is 29.8 Å². The Hall–Kier alpha value is -12.7. The number of aromatic amines is 1. The number of aliphatic hydroxyl groups is 1. The van der Waals surface area contributed by atoms with E-state index in [1.54, 1.807) is 30.5 Å². The number of esters is 1. The lowest BCUT2D eigenvalue weighted by molar-refractivity contribution is -0.156. The maximum Gasteiger partial charge on any atom is 0.329 e. The van der Waals surface area contributed by atoms with Crippen molar-refractivity contribution in [3.8, 4) is 0 Å². The molecule has 116 heavy (non-hydrogen) atoms. The number of carbonyl (C=O) groups excluding carboxylic acids is 16. The summed E-state index contributed by atoms with van der Waals surface area (Å²) in [6, 6.07) is -10.5. The number of anilines is 1. The first-order valence-corrected chi connectivity index (χ1v) is 37.2. The van der Waals surface area contributed by atoms with E-state index in [-0.39, 0.29) is 37.1 Å². The van der Waals surface area contributed by atoms with Crippen LogP contribution < -0.4 is 86.3 Å². The molecule has 1 aliphatic heterocycles. The number of fused-ring (bicyclic) bond motifs is 1. The molecule has 0 spiro atoms. The molecule has 0 radical (unpaired) electrons. The molecule has 43 heteroatoms. The molecule has 3 aromatic rings. The van der Waals surface area contributed by atoms with E-state index in [9.17, 15) is 121 Å². The van der Waals surface area contributed by atoms with Crippen LogP contribution in [0.15, 0.2) is 54.7 Å². The molecule has 2 aromatic carbocycles. The van der Waals surface area contributed by atoms with E-state index >= 15 is 0 Å². The molecule has 43 nitrogen and oxygen atoms in total. The average molecular weight is 1630 g/mol. The zero-order chi connectivity index (χ0) is 86.6. The molecule has 1 aliphatic rings. The van der Waals surface area contributed by atoms with Crippen LogP contribution in [0.1, 0.15) is 147 Å². The van der Waals surface area contributed by atoms with Crippen molar-refractivity contribution in [2.24, 2.45) is 23.3 Å². The number of unbranched alkanes of at least 4 members (excludes halogenated alkanes) is 3. The molecule has 4 rings (SSSR count). The second kappa shape index (κ2) is 47.7. The number of hydrogen-bond donors (Lipinski definition) is 22. The number of Topliss-reactive ketones (excluding diaryl/α,β-unsaturated/α-hetero) is 1. The smallest absolute Gasteiger partial charge is 0.329 e. The van der Waals surface area contributed by atoms with Crippen molar-refractivity contribution < 1.29 is 126 Å². The number of ketones is 1. The monoisotopic (exact) mass is 1630 g/mol. The van der Waals surface area contributed by atoms with Crippen LogP contribution >= 0.6 is 0 Å². The molecular weight excluding hydrogens is 1530 g/mol. The number of H-pyrrole nitrogens is 1. The number of rotatable bonds is 35. The number of nitrogens with one attached hydrogen (secondary N) is 14. The Morgan fingerprint density at radius 2 is 1.11 bits per heavy atom. The number of aliphatic carboxylic acids is 4. The first kappa shape index (κ1) is 95.7. The van der Waals surface area contributed by atoms with Gasteiger partial charge in [-0.15, -0.1) is 0 Å². The molecule has 636 valence electrons. The van der Waals surface area contributed by atoms with Gasteiger partial charge in [0.2, 0.25) is 82.7 Å². The summed E-state index contributed by atoms with van der Waals surface area (Å²) in [5, 5.41) is 78.7. The molecule has 0 saturated carbocycles. The summed E-state index contributed by atoms with van der Waals surface area (Å²) in [4.78, 5) is 276. The number of aliphatic hydroxyl groups excluding tert-OH is 1. The van der Waals surface area contributed by atoms with Crippen molar-refractivity contribution in [3.05, 3.63) is 65.9 Å².